The molecule has 0 aromatic rings. The van der Waals surface area contributed by atoms with Gasteiger partial charge in [0.15, 0.2) is 0 Å². The van der Waals surface area contributed by atoms with E-state index < -0.39 is 0 Å². The van der Waals surface area contributed by atoms with Crippen molar-refractivity contribution in [1.29, 1.82) is 0 Å². The number of aliphatic hydroxyl groups is 2. The Morgan fingerprint density at radius 1 is 1.00 bits per heavy atom. The molecule has 0 heterocycles. The fourth-order valence-electron chi connectivity index (χ4n) is 1.79. The topological polar surface area (TPSA) is 40.5 Å². The molecule has 1 fully saturated rings. The molecule has 0 bridgehead atoms. The zero-order valence-corrected chi connectivity index (χ0v) is 6.62. The largest absolute Gasteiger partial charge is 0.393 e. The molecule has 2 atom stereocenters. The molecule has 1 aliphatic rings. The van der Waals surface area contributed by atoms with Gasteiger partial charge in [0.05, 0.1) is 12.2 Å². The van der Waals surface area contributed by atoms with E-state index in [0.717, 1.165) is 12.8 Å². The van der Waals surface area contributed by atoms with E-state index in [0.29, 0.717) is 0 Å². The van der Waals surface area contributed by atoms with Crippen LogP contribution in [0.2, 0.25) is 0 Å². The quantitative estimate of drug-likeness (QED) is 0.527. The van der Waals surface area contributed by atoms with Crippen molar-refractivity contribution < 1.29 is 10.2 Å². The lowest BCUT2D eigenvalue weighted by atomic mass is 9.79. The lowest BCUT2D eigenvalue weighted by molar-refractivity contribution is -0.0237. The number of hydrogen-bond acceptors (Lipinski definition) is 2. The minimum Gasteiger partial charge on any atom is -0.393 e. The van der Waals surface area contributed by atoms with E-state index in [4.69, 9.17) is 0 Å². The summed E-state index contributed by atoms with van der Waals surface area (Å²) in [6, 6.07) is 0. The Labute approximate surface area is 61.9 Å². The standard InChI is InChI=1S/C8H16O2/c1-5-3-7(9)4-6(2)8(5)10/h5-10H,3-4H2,1-2H3. The first kappa shape index (κ1) is 8.02. The predicted molar refractivity (Wildman–Crippen MR) is 39.6 cm³/mol. The lowest BCUT2D eigenvalue weighted by Gasteiger charge is -2.33. The summed E-state index contributed by atoms with van der Waals surface area (Å²) in [6.45, 7) is 3.98. The maximum Gasteiger partial charge on any atom is 0.0593 e. The molecular formula is C8H16O2. The van der Waals surface area contributed by atoms with Gasteiger partial charge in [-0.05, 0) is 24.7 Å². The molecule has 0 aromatic heterocycles. The molecule has 2 heteroatoms. The highest BCUT2D eigenvalue weighted by atomic mass is 16.3. The van der Waals surface area contributed by atoms with Gasteiger partial charge < -0.3 is 10.2 Å². The molecule has 0 amide bonds. The van der Waals surface area contributed by atoms with E-state index in [-0.39, 0.29) is 24.0 Å². The van der Waals surface area contributed by atoms with E-state index >= 15 is 0 Å². The van der Waals surface area contributed by atoms with Crippen LogP contribution in [0.15, 0.2) is 0 Å². The lowest BCUT2D eigenvalue weighted by Crippen LogP contribution is -2.36. The Morgan fingerprint density at radius 2 is 1.40 bits per heavy atom. The predicted octanol–water partition coefficient (Wildman–Crippen LogP) is 0.774. The second-order valence-electron chi connectivity index (χ2n) is 3.57. The van der Waals surface area contributed by atoms with E-state index in [1.165, 1.54) is 0 Å². The van der Waals surface area contributed by atoms with Crippen LogP contribution >= 0.6 is 0 Å². The van der Waals surface area contributed by atoms with Crippen molar-refractivity contribution in [2.75, 3.05) is 0 Å². The normalized spacial score (nSPS) is 49.2. The molecule has 0 spiro atoms. The zero-order chi connectivity index (χ0) is 7.72. The maximum absolute atomic E-state index is 9.45. The van der Waals surface area contributed by atoms with Gasteiger partial charge in [-0.3, -0.25) is 0 Å². The molecule has 1 rings (SSSR count). The van der Waals surface area contributed by atoms with Crippen LogP contribution in [-0.4, -0.2) is 22.4 Å². The maximum atomic E-state index is 9.45. The van der Waals surface area contributed by atoms with Gasteiger partial charge in [0.1, 0.15) is 0 Å². The average Bonchev–Trinajstić information content (AvgIpc) is 1.82. The third-order valence-electron chi connectivity index (χ3n) is 2.45. The average molecular weight is 144 g/mol. The molecule has 60 valence electrons. The van der Waals surface area contributed by atoms with Gasteiger partial charge in [-0.2, -0.15) is 0 Å². The van der Waals surface area contributed by atoms with Gasteiger partial charge in [-0.1, -0.05) is 13.8 Å². The van der Waals surface area contributed by atoms with Crippen molar-refractivity contribution in [3.63, 3.8) is 0 Å². The first-order chi connectivity index (χ1) is 4.61. The van der Waals surface area contributed by atoms with E-state index in [2.05, 4.69) is 0 Å². The molecular weight excluding hydrogens is 128 g/mol. The number of rotatable bonds is 0. The van der Waals surface area contributed by atoms with Gasteiger partial charge in [-0.15, -0.1) is 0 Å². The molecule has 2 unspecified atom stereocenters. The Kier molecular flexibility index (Phi) is 2.32. The third kappa shape index (κ3) is 1.50. The second kappa shape index (κ2) is 2.89. The minimum atomic E-state index is -0.205. The molecule has 2 N–H and O–H groups in total. The van der Waals surface area contributed by atoms with Crippen LogP contribution in [-0.2, 0) is 0 Å². The van der Waals surface area contributed by atoms with Gasteiger partial charge in [0.2, 0.25) is 0 Å². The van der Waals surface area contributed by atoms with Gasteiger partial charge in [0, 0.05) is 0 Å². The second-order valence-corrected chi connectivity index (χ2v) is 3.57. The highest BCUT2D eigenvalue weighted by Gasteiger charge is 2.30. The van der Waals surface area contributed by atoms with Crippen LogP contribution in [0, 0.1) is 11.8 Å². The van der Waals surface area contributed by atoms with Crippen molar-refractivity contribution in [3.05, 3.63) is 0 Å². The minimum absolute atomic E-state index is 0.187. The van der Waals surface area contributed by atoms with Gasteiger partial charge in [-0.25, -0.2) is 0 Å². The molecule has 0 saturated heterocycles. The van der Waals surface area contributed by atoms with Crippen LogP contribution in [0.25, 0.3) is 0 Å². The zero-order valence-electron chi connectivity index (χ0n) is 6.62. The fourth-order valence-corrected chi connectivity index (χ4v) is 1.79. The Hall–Kier alpha value is -0.0800. The first-order valence-corrected chi connectivity index (χ1v) is 3.97. The SMILES string of the molecule is CC1CC(O)CC(C)C1O. The van der Waals surface area contributed by atoms with Crippen LogP contribution in [0.4, 0.5) is 0 Å². The van der Waals surface area contributed by atoms with Crippen LogP contribution < -0.4 is 0 Å². The molecule has 10 heavy (non-hydrogen) atoms. The summed E-state index contributed by atoms with van der Waals surface area (Å²) in [5.74, 6) is 0.525. The third-order valence-corrected chi connectivity index (χ3v) is 2.45. The van der Waals surface area contributed by atoms with Crippen molar-refractivity contribution in [2.24, 2.45) is 11.8 Å². The number of hydrogen-bond donors (Lipinski definition) is 2. The molecule has 1 saturated carbocycles. The fraction of sp³-hybridized carbons (Fsp3) is 1.00. The molecule has 1 aliphatic carbocycles. The summed E-state index contributed by atoms with van der Waals surface area (Å²) < 4.78 is 0. The highest BCUT2D eigenvalue weighted by Crippen LogP contribution is 2.28. The van der Waals surface area contributed by atoms with E-state index in [1.54, 1.807) is 0 Å². The summed E-state index contributed by atoms with van der Waals surface area (Å²) in [5, 5.41) is 18.7. The smallest absolute Gasteiger partial charge is 0.0593 e. The van der Waals surface area contributed by atoms with E-state index in [9.17, 15) is 10.2 Å². The Bertz CT molecular complexity index is 102. The molecule has 0 radical (unpaired) electrons. The molecule has 2 nitrogen and oxygen atoms in total. The summed E-state index contributed by atoms with van der Waals surface area (Å²) in [7, 11) is 0. The summed E-state index contributed by atoms with van der Waals surface area (Å²) >= 11 is 0. The van der Waals surface area contributed by atoms with Crippen molar-refractivity contribution >= 4 is 0 Å². The summed E-state index contributed by atoms with van der Waals surface area (Å²) in [4.78, 5) is 0. The van der Waals surface area contributed by atoms with Crippen molar-refractivity contribution in [2.45, 2.75) is 38.9 Å². The van der Waals surface area contributed by atoms with Crippen LogP contribution in [0.5, 0.6) is 0 Å². The Balaban J connectivity index is 2.49. The Morgan fingerprint density at radius 3 is 1.80 bits per heavy atom. The monoisotopic (exact) mass is 144 g/mol. The first-order valence-electron chi connectivity index (χ1n) is 3.97. The van der Waals surface area contributed by atoms with Crippen molar-refractivity contribution in [3.8, 4) is 0 Å². The summed E-state index contributed by atoms with van der Waals surface area (Å²) in [6.07, 6.45) is 1.12. The highest BCUT2D eigenvalue weighted by molar-refractivity contribution is 4.81. The van der Waals surface area contributed by atoms with Crippen LogP contribution in [0.3, 0.4) is 0 Å². The molecule has 0 aliphatic heterocycles. The number of aliphatic hydroxyl groups excluding tert-OH is 2. The molecule has 0 aromatic carbocycles. The van der Waals surface area contributed by atoms with Crippen LogP contribution in [0.1, 0.15) is 26.7 Å². The van der Waals surface area contributed by atoms with Gasteiger partial charge >= 0.3 is 0 Å². The van der Waals surface area contributed by atoms with E-state index in [1.807, 2.05) is 13.8 Å². The van der Waals surface area contributed by atoms with Gasteiger partial charge in [0.25, 0.3) is 0 Å². The van der Waals surface area contributed by atoms with Crippen molar-refractivity contribution in [1.82, 2.24) is 0 Å². The summed E-state index contributed by atoms with van der Waals surface area (Å²) in [5.41, 5.74) is 0.